The summed E-state index contributed by atoms with van der Waals surface area (Å²) in [7, 11) is 0. The van der Waals surface area contributed by atoms with E-state index in [1.807, 2.05) is 0 Å². The number of pyridine rings is 1. The van der Waals surface area contributed by atoms with Gasteiger partial charge in [-0.05, 0) is 12.1 Å². The minimum Gasteiger partial charge on any atom is -0.341 e. The Morgan fingerprint density at radius 2 is 1.52 bits per heavy atom. The lowest BCUT2D eigenvalue weighted by atomic mass is 10.0. The molecular formula is C10H11N5O10. The molecule has 15 heteroatoms. The van der Waals surface area contributed by atoms with Crippen molar-refractivity contribution >= 4 is 5.91 Å². The third-order valence-electron chi connectivity index (χ3n) is 2.64. The fourth-order valence-corrected chi connectivity index (χ4v) is 1.57. The van der Waals surface area contributed by atoms with E-state index < -0.39 is 46.5 Å². The lowest BCUT2D eigenvalue weighted by molar-refractivity contribution is -0.778. The number of rotatable bonds is 11. The Morgan fingerprint density at radius 3 is 1.88 bits per heavy atom. The molecule has 1 aromatic rings. The lowest BCUT2D eigenvalue weighted by Crippen LogP contribution is -2.59. The molecule has 1 rings (SSSR count). The summed E-state index contributed by atoms with van der Waals surface area (Å²) in [5, 5.41) is 29.6. The average molecular weight is 361 g/mol. The van der Waals surface area contributed by atoms with Gasteiger partial charge < -0.3 is 19.8 Å². The van der Waals surface area contributed by atoms with E-state index in [4.69, 9.17) is 0 Å². The number of amides is 1. The molecule has 0 aliphatic carbocycles. The number of carbonyl (C=O) groups is 1. The van der Waals surface area contributed by atoms with Gasteiger partial charge in [-0.2, -0.15) is 0 Å². The Hall–Kier alpha value is -3.78. The van der Waals surface area contributed by atoms with Gasteiger partial charge in [0.25, 0.3) is 21.2 Å². The monoisotopic (exact) mass is 361 g/mol. The van der Waals surface area contributed by atoms with Gasteiger partial charge in [0.15, 0.2) is 0 Å². The number of nitrogens with zero attached hydrogens (tertiary/aromatic N) is 4. The SMILES string of the molecule is O=C(NC(CO[N+](=O)[O-])(CO[N+](=O)[O-])CO[N+](=O)[O-])c1cccnc1. The van der Waals surface area contributed by atoms with Gasteiger partial charge in [-0.15, -0.1) is 30.3 Å². The highest BCUT2D eigenvalue weighted by atomic mass is 17.0. The van der Waals surface area contributed by atoms with Gasteiger partial charge >= 0.3 is 0 Å². The summed E-state index contributed by atoms with van der Waals surface area (Å²) in [4.78, 5) is 59.3. The van der Waals surface area contributed by atoms with E-state index in [1.165, 1.54) is 18.3 Å². The molecule has 15 nitrogen and oxygen atoms in total. The summed E-state index contributed by atoms with van der Waals surface area (Å²) < 4.78 is 0. The zero-order valence-electron chi connectivity index (χ0n) is 12.3. The summed E-state index contributed by atoms with van der Waals surface area (Å²) in [6, 6.07) is 2.73. The highest BCUT2D eigenvalue weighted by Crippen LogP contribution is 2.11. The molecule has 1 heterocycles. The van der Waals surface area contributed by atoms with Crippen LogP contribution in [0, 0.1) is 30.3 Å². The first-order chi connectivity index (χ1) is 11.7. The first-order valence-corrected chi connectivity index (χ1v) is 6.28. The maximum Gasteiger partial charge on any atom is 0.294 e. The van der Waals surface area contributed by atoms with Crippen molar-refractivity contribution in [1.29, 1.82) is 0 Å². The number of aromatic nitrogens is 1. The highest BCUT2D eigenvalue weighted by Gasteiger charge is 2.37. The van der Waals surface area contributed by atoms with Crippen LogP contribution in [0.1, 0.15) is 10.4 Å². The topological polar surface area (TPSA) is 199 Å². The fourth-order valence-electron chi connectivity index (χ4n) is 1.57. The molecule has 0 radical (unpaired) electrons. The van der Waals surface area contributed by atoms with Crippen molar-refractivity contribution in [3.8, 4) is 0 Å². The molecule has 0 aromatic carbocycles. The van der Waals surface area contributed by atoms with Crippen LogP contribution in [0.3, 0.4) is 0 Å². The van der Waals surface area contributed by atoms with E-state index in [1.54, 1.807) is 0 Å². The summed E-state index contributed by atoms with van der Waals surface area (Å²) >= 11 is 0. The lowest BCUT2D eigenvalue weighted by Gasteiger charge is -2.31. The molecule has 0 aliphatic heterocycles. The van der Waals surface area contributed by atoms with Crippen molar-refractivity contribution in [1.82, 2.24) is 10.3 Å². The number of nitrogens with one attached hydrogen (secondary N) is 1. The Balaban J connectivity index is 3.04. The van der Waals surface area contributed by atoms with Gasteiger partial charge in [-0.3, -0.25) is 9.78 Å². The Labute approximate surface area is 137 Å². The highest BCUT2D eigenvalue weighted by molar-refractivity contribution is 5.94. The molecular weight excluding hydrogens is 350 g/mol. The fraction of sp³-hybridized carbons (Fsp3) is 0.400. The second-order valence-corrected chi connectivity index (χ2v) is 4.47. The molecule has 0 unspecified atom stereocenters. The molecule has 0 bridgehead atoms. The van der Waals surface area contributed by atoms with Gasteiger partial charge in [-0.25, -0.2) is 0 Å². The quantitative estimate of drug-likeness (QED) is 0.381. The minimum absolute atomic E-state index is 0.0183. The van der Waals surface area contributed by atoms with Crippen molar-refractivity contribution < 1.29 is 34.6 Å². The van der Waals surface area contributed by atoms with Crippen LogP contribution in [-0.4, -0.2) is 51.5 Å². The number of carbonyl (C=O) groups excluding carboxylic acids is 1. The first-order valence-electron chi connectivity index (χ1n) is 6.28. The zero-order chi connectivity index (χ0) is 18.9. The van der Waals surface area contributed by atoms with Crippen LogP contribution >= 0.6 is 0 Å². The van der Waals surface area contributed by atoms with E-state index in [2.05, 4.69) is 24.8 Å². The molecule has 0 fully saturated rings. The standard InChI is InChI=1S/C10H11N5O10/c16-9(8-2-1-3-11-4-8)12-10(5-23-13(17)18,6-24-14(19)20)7-25-15(21)22/h1-4H,5-7H2,(H,12,16). The number of hydrogen-bond donors (Lipinski definition) is 1. The molecule has 0 saturated heterocycles. The van der Waals surface area contributed by atoms with Gasteiger partial charge in [0.05, 0.1) is 5.56 Å². The van der Waals surface area contributed by atoms with Gasteiger partial charge in [0.2, 0.25) is 0 Å². The molecule has 1 N–H and O–H groups in total. The molecule has 0 saturated carbocycles. The normalized spacial score (nSPS) is 10.4. The summed E-state index contributed by atoms with van der Waals surface area (Å²) in [6.45, 7) is -3.02. The third kappa shape index (κ3) is 6.89. The van der Waals surface area contributed by atoms with Crippen LogP contribution in [-0.2, 0) is 14.5 Å². The van der Waals surface area contributed by atoms with Crippen molar-refractivity contribution in [2.24, 2.45) is 0 Å². The predicted octanol–water partition coefficient (Wildman–Crippen LogP) is -0.825. The third-order valence-corrected chi connectivity index (χ3v) is 2.64. The van der Waals surface area contributed by atoms with Crippen LogP contribution < -0.4 is 5.32 Å². The Kier molecular flexibility index (Phi) is 6.74. The van der Waals surface area contributed by atoms with Crippen molar-refractivity contribution in [2.45, 2.75) is 5.54 Å². The molecule has 0 spiro atoms. The van der Waals surface area contributed by atoms with E-state index >= 15 is 0 Å². The second-order valence-electron chi connectivity index (χ2n) is 4.47. The van der Waals surface area contributed by atoms with E-state index in [0.29, 0.717) is 0 Å². The molecule has 0 aliphatic rings. The van der Waals surface area contributed by atoms with Gasteiger partial charge in [-0.1, -0.05) is 0 Å². The maximum atomic E-state index is 12.2. The smallest absolute Gasteiger partial charge is 0.294 e. The average Bonchev–Trinajstić information content (AvgIpc) is 2.56. The van der Waals surface area contributed by atoms with Crippen LogP contribution in [0.15, 0.2) is 24.5 Å². The van der Waals surface area contributed by atoms with Crippen molar-refractivity contribution in [3.63, 3.8) is 0 Å². The van der Waals surface area contributed by atoms with Gasteiger partial charge in [0.1, 0.15) is 25.4 Å². The molecule has 25 heavy (non-hydrogen) atoms. The zero-order valence-corrected chi connectivity index (χ0v) is 12.3. The molecule has 1 aromatic heterocycles. The van der Waals surface area contributed by atoms with E-state index in [-0.39, 0.29) is 5.56 Å². The Morgan fingerprint density at radius 1 is 1.04 bits per heavy atom. The van der Waals surface area contributed by atoms with Crippen molar-refractivity contribution in [2.75, 3.05) is 19.8 Å². The second kappa shape index (κ2) is 8.75. The maximum absolute atomic E-state index is 12.2. The molecule has 136 valence electrons. The summed E-state index contributed by atoms with van der Waals surface area (Å²) in [5.74, 6) is -0.890. The van der Waals surface area contributed by atoms with Gasteiger partial charge in [0, 0.05) is 12.4 Å². The molecule has 1 amide bonds. The summed E-state index contributed by atoms with van der Waals surface area (Å²) in [5.41, 5.74) is -2.12. The first kappa shape index (κ1) is 19.3. The predicted molar refractivity (Wildman–Crippen MR) is 73.3 cm³/mol. The van der Waals surface area contributed by atoms with E-state index in [9.17, 15) is 35.1 Å². The largest absolute Gasteiger partial charge is 0.341 e. The van der Waals surface area contributed by atoms with Crippen LogP contribution in [0.25, 0.3) is 0 Å². The van der Waals surface area contributed by atoms with Crippen molar-refractivity contribution in [3.05, 3.63) is 60.4 Å². The Bertz CT molecular complexity index is 593. The van der Waals surface area contributed by atoms with Crippen LogP contribution in [0.5, 0.6) is 0 Å². The van der Waals surface area contributed by atoms with Crippen LogP contribution in [0.2, 0.25) is 0 Å². The van der Waals surface area contributed by atoms with E-state index in [0.717, 1.165) is 6.20 Å². The summed E-state index contributed by atoms with van der Waals surface area (Å²) in [6.07, 6.45) is 2.50. The number of hydrogen-bond acceptors (Lipinski definition) is 11. The molecule has 0 atom stereocenters. The minimum atomic E-state index is -2.10. The van der Waals surface area contributed by atoms with Crippen LogP contribution in [0.4, 0.5) is 0 Å².